The zero-order chi connectivity index (χ0) is 15.8. The molecule has 0 spiro atoms. The highest BCUT2D eigenvalue weighted by Gasteiger charge is 2.06. The van der Waals surface area contributed by atoms with E-state index >= 15 is 0 Å². The Morgan fingerprint density at radius 3 is 2.43 bits per heavy atom. The van der Waals surface area contributed by atoms with Gasteiger partial charge in [0.05, 0.1) is 13.2 Å². The summed E-state index contributed by atoms with van der Waals surface area (Å²) in [6.45, 7) is 3.51. The molecule has 0 saturated carbocycles. The second kappa shape index (κ2) is 10.1. The Kier molecular flexibility index (Phi) is 8.48. The Hall–Kier alpha value is -1.75. The summed E-state index contributed by atoms with van der Waals surface area (Å²) < 4.78 is 11.2. The lowest BCUT2D eigenvalue weighted by atomic mass is 10.2. The number of halogens is 1. The Balaban J connectivity index is 0.00000264. The number of hydrogen-bond acceptors (Lipinski definition) is 4. The Morgan fingerprint density at radius 1 is 1.04 bits per heavy atom. The fourth-order valence-electron chi connectivity index (χ4n) is 2.10. The van der Waals surface area contributed by atoms with E-state index in [2.05, 4.69) is 5.32 Å². The van der Waals surface area contributed by atoms with Crippen molar-refractivity contribution in [3.05, 3.63) is 59.7 Å². The average molecular weight is 338 g/mol. The van der Waals surface area contributed by atoms with Crippen molar-refractivity contribution in [2.24, 2.45) is 0 Å². The second-order valence-electron chi connectivity index (χ2n) is 5.24. The van der Waals surface area contributed by atoms with Crippen LogP contribution in [-0.2, 0) is 13.2 Å². The van der Waals surface area contributed by atoms with E-state index in [9.17, 15) is 5.11 Å². The van der Waals surface area contributed by atoms with E-state index in [1.807, 2.05) is 48.5 Å². The molecule has 2 aromatic carbocycles. The summed E-state index contributed by atoms with van der Waals surface area (Å²) in [5.74, 6) is 1.44. The van der Waals surface area contributed by atoms with Crippen molar-refractivity contribution in [3.8, 4) is 11.5 Å². The van der Waals surface area contributed by atoms with E-state index in [-0.39, 0.29) is 18.5 Å². The van der Waals surface area contributed by atoms with Gasteiger partial charge in [0.25, 0.3) is 0 Å². The number of benzene rings is 2. The minimum Gasteiger partial charge on any atom is -0.493 e. The molecule has 0 aliphatic carbocycles. The van der Waals surface area contributed by atoms with Crippen LogP contribution in [0.5, 0.6) is 11.5 Å². The maximum absolute atomic E-state index is 9.25. The average Bonchev–Trinajstić information content (AvgIpc) is 2.54. The zero-order valence-corrected chi connectivity index (χ0v) is 14.3. The normalized spacial score (nSPS) is 11.4. The van der Waals surface area contributed by atoms with Crippen molar-refractivity contribution in [1.82, 2.24) is 5.32 Å². The van der Waals surface area contributed by atoms with E-state index in [4.69, 9.17) is 9.47 Å². The van der Waals surface area contributed by atoms with Gasteiger partial charge in [-0.15, -0.1) is 12.4 Å². The van der Waals surface area contributed by atoms with Crippen molar-refractivity contribution in [1.29, 1.82) is 0 Å². The fraction of sp³-hybridized carbons (Fsp3) is 0.333. The van der Waals surface area contributed by atoms with Gasteiger partial charge >= 0.3 is 0 Å². The molecule has 1 atom stereocenters. The van der Waals surface area contributed by atoms with Gasteiger partial charge in [-0.3, -0.25) is 0 Å². The van der Waals surface area contributed by atoms with Gasteiger partial charge in [0.1, 0.15) is 6.61 Å². The quantitative estimate of drug-likeness (QED) is 0.777. The maximum atomic E-state index is 9.25. The lowest BCUT2D eigenvalue weighted by molar-refractivity contribution is 0.191. The number of nitrogens with one attached hydrogen (secondary N) is 1. The standard InChI is InChI=1S/C18H23NO3.ClH/c1-14(20)11-19-12-16-8-9-17(18(10-16)21-2)22-13-15-6-4-3-5-7-15;/h3-10,14,19-20H,11-13H2,1-2H3;1H. The molecule has 0 heterocycles. The van der Waals surface area contributed by atoms with Crippen LogP contribution in [0.15, 0.2) is 48.5 Å². The minimum atomic E-state index is -0.352. The molecule has 0 saturated heterocycles. The summed E-state index contributed by atoms with van der Waals surface area (Å²) in [6, 6.07) is 15.9. The van der Waals surface area contributed by atoms with Crippen LogP contribution < -0.4 is 14.8 Å². The van der Waals surface area contributed by atoms with Gasteiger partial charge in [0.15, 0.2) is 11.5 Å². The molecule has 0 bridgehead atoms. The molecule has 0 radical (unpaired) electrons. The monoisotopic (exact) mass is 337 g/mol. The molecule has 23 heavy (non-hydrogen) atoms. The first-order valence-corrected chi connectivity index (χ1v) is 7.41. The first kappa shape index (κ1) is 19.3. The third-order valence-electron chi connectivity index (χ3n) is 3.23. The maximum Gasteiger partial charge on any atom is 0.161 e. The third-order valence-corrected chi connectivity index (χ3v) is 3.23. The predicted octanol–water partition coefficient (Wildman–Crippen LogP) is 3.17. The van der Waals surface area contributed by atoms with Crippen LogP contribution in [0.2, 0.25) is 0 Å². The largest absolute Gasteiger partial charge is 0.493 e. The topological polar surface area (TPSA) is 50.7 Å². The Labute approximate surface area is 143 Å². The molecule has 0 aromatic heterocycles. The summed E-state index contributed by atoms with van der Waals surface area (Å²) in [6.07, 6.45) is -0.352. The minimum absolute atomic E-state index is 0. The van der Waals surface area contributed by atoms with E-state index in [0.29, 0.717) is 25.4 Å². The summed E-state index contributed by atoms with van der Waals surface area (Å²) in [5.41, 5.74) is 2.21. The number of hydrogen-bond donors (Lipinski definition) is 2. The van der Waals surface area contributed by atoms with E-state index in [1.54, 1.807) is 14.0 Å². The van der Waals surface area contributed by atoms with Gasteiger partial charge < -0.3 is 19.9 Å². The van der Waals surface area contributed by atoms with Crippen molar-refractivity contribution in [2.75, 3.05) is 13.7 Å². The number of ether oxygens (including phenoxy) is 2. The molecule has 0 aliphatic rings. The molecule has 1 unspecified atom stereocenters. The summed E-state index contributed by atoms with van der Waals surface area (Å²) >= 11 is 0. The molecule has 126 valence electrons. The van der Waals surface area contributed by atoms with Crippen LogP contribution >= 0.6 is 12.4 Å². The van der Waals surface area contributed by atoms with Crippen LogP contribution in [-0.4, -0.2) is 24.9 Å². The van der Waals surface area contributed by atoms with Crippen LogP contribution in [0.4, 0.5) is 0 Å². The highest BCUT2D eigenvalue weighted by Crippen LogP contribution is 2.28. The fourth-order valence-corrected chi connectivity index (χ4v) is 2.10. The van der Waals surface area contributed by atoms with Gasteiger partial charge in [0, 0.05) is 13.1 Å². The lowest BCUT2D eigenvalue weighted by Gasteiger charge is -2.13. The van der Waals surface area contributed by atoms with Crippen LogP contribution in [0.25, 0.3) is 0 Å². The second-order valence-corrected chi connectivity index (χ2v) is 5.24. The molecule has 2 aromatic rings. The third kappa shape index (κ3) is 6.48. The number of aliphatic hydroxyl groups excluding tert-OH is 1. The van der Waals surface area contributed by atoms with E-state index < -0.39 is 0 Å². The molecule has 0 fully saturated rings. The molecule has 0 aliphatic heterocycles. The first-order valence-electron chi connectivity index (χ1n) is 7.41. The van der Waals surface area contributed by atoms with Crippen molar-refractivity contribution in [2.45, 2.75) is 26.2 Å². The Bertz CT molecular complexity index is 576. The lowest BCUT2D eigenvalue weighted by Crippen LogP contribution is -2.23. The molecule has 0 amide bonds. The van der Waals surface area contributed by atoms with E-state index in [1.165, 1.54) is 0 Å². The van der Waals surface area contributed by atoms with Crippen LogP contribution in [0.1, 0.15) is 18.1 Å². The summed E-state index contributed by atoms with van der Waals surface area (Å²) in [7, 11) is 1.64. The smallest absolute Gasteiger partial charge is 0.161 e. The molecule has 5 heteroatoms. The van der Waals surface area contributed by atoms with Gasteiger partial charge in [-0.1, -0.05) is 36.4 Å². The predicted molar refractivity (Wildman–Crippen MR) is 94.4 cm³/mol. The number of aliphatic hydroxyl groups is 1. The zero-order valence-electron chi connectivity index (χ0n) is 13.5. The molecular weight excluding hydrogens is 314 g/mol. The van der Waals surface area contributed by atoms with Gasteiger partial charge in [-0.2, -0.15) is 0 Å². The van der Waals surface area contributed by atoms with Gasteiger partial charge in [-0.25, -0.2) is 0 Å². The van der Waals surface area contributed by atoms with Crippen LogP contribution in [0, 0.1) is 0 Å². The van der Waals surface area contributed by atoms with Crippen molar-refractivity contribution in [3.63, 3.8) is 0 Å². The highest BCUT2D eigenvalue weighted by atomic mass is 35.5. The highest BCUT2D eigenvalue weighted by molar-refractivity contribution is 5.85. The van der Waals surface area contributed by atoms with E-state index in [0.717, 1.165) is 16.9 Å². The summed E-state index contributed by atoms with van der Waals surface area (Å²) in [4.78, 5) is 0. The molecule has 2 N–H and O–H groups in total. The van der Waals surface area contributed by atoms with Gasteiger partial charge in [-0.05, 0) is 30.2 Å². The van der Waals surface area contributed by atoms with Crippen molar-refractivity contribution < 1.29 is 14.6 Å². The van der Waals surface area contributed by atoms with Gasteiger partial charge in [0.2, 0.25) is 0 Å². The molecule has 4 nitrogen and oxygen atoms in total. The van der Waals surface area contributed by atoms with Crippen molar-refractivity contribution >= 4 is 12.4 Å². The first-order chi connectivity index (χ1) is 10.7. The summed E-state index contributed by atoms with van der Waals surface area (Å²) in [5, 5.41) is 12.4. The number of rotatable bonds is 8. The van der Waals surface area contributed by atoms with Crippen LogP contribution in [0.3, 0.4) is 0 Å². The SMILES string of the molecule is COc1cc(CNCC(C)O)ccc1OCc1ccccc1.Cl. The molecule has 2 rings (SSSR count). The number of methoxy groups -OCH3 is 1. The molecular formula is C18H24ClNO3. The Morgan fingerprint density at radius 2 is 1.78 bits per heavy atom.